The van der Waals surface area contributed by atoms with Crippen LogP contribution in [0.1, 0.15) is 18.4 Å². The first-order valence-corrected chi connectivity index (χ1v) is 7.08. The van der Waals surface area contributed by atoms with E-state index in [0.29, 0.717) is 22.9 Å². The fourth-order valence-corrected chi connectivity index (χ4v) is 2.41. The fraction of sp³-hybridized carbons (Fsp3) is 0.400. The van der Waals surface area contributed by atoms with Gasteiger partial charge in [0.1, 0.15) is 12.4 Å². The maximum absolute atomic E-state index is 10.6. The quantitative estimate of drug-likeness (QED) is 0.820. The summed E-state index contributed by atoms with van der Waals surface area (Å²) in [5, 5.41) is 9.24. The Kier molecular flexibility index (Phi) is 5.44. The Morgan fingerprint density at radius 3 is 2.85 bits per heavy atom. The number of carbonyl (C=O) groups is 1. The van der Waals surface area contributed by atoms with Crippen molar-refractivity contribution in [2.24, 2.45) is 0 Å². The van der Waals surface area contributed by atoms with E-state index in [9.17, 15) is 4.79 Å². The molecule has 0 radical (unpaired) electrons. The van der Waals surface area contributed by atoms with E-state index in [4.69, 9.17) is 21.4 Å². The Morgan fingerprint density at radius 1 is 1.40 bits per heavy atom. The van der Waals surface area contributed by atoms with Crippen molar-refractivity contribution in [1.82, 2.24) is 4.90 Å². The highest BCUT2D eigenvalue weighted by Crippen LogP contribution is 2.24. The van der Waals surface area contributed by atoms with Crippen LogP contribution in [-0.4, -0.2) is 42.2 Å². The van der Waals surface area contributed by atoms with Gasteiger partial charge in [-0.15, -0.1) is 0 Å². The average Bonchev–Trinajstić information content (AvgIpc) is 2.91. The zero-order valence-electron chi connectivity index (χ0n) is 11.2. The summed E-state index contributed by atoms with van der Waals surface area (Å²) in [5.74, 6) is -0.334. The Bertz CT molecular complexity index is 496. The number of rotatable bonds is 6. The van der Waals surface area contributed by atoms with Gasteiger partial charge in [0.15, 0.2) is 0 Å². The molecule has 0 aromatic heterocycles. The molecule has 0 bridgehead atoms. The number of benzene rings is 1. The minimum atomic E-state index is -0.993. The lowest BCUT2D eigenvalue weighted by Gasteiger charge is -2.16. The Balaban J connectivity index is 1.96. The van der Waals surface area contributed by atoms with Gasteiger partial charge >= 0.3 is 5.97 Å². The second-order valence-corrected chi connectivity index (χ2v) is 5.19. The zero-order valence-corrected chi connectivity index (χ0v) is 12.0. The van der Waals surface area contributed by atoms with Crippen LogP contribution in [0.25, 0.3) is 6.08 Å². The standard InChI is InChI=1S/C15H18ClNO3/c16-13-4-5-14(12(11-13)3-6-15(18)19)20-10-9-17-7-1-2-8-17/h3-6,11H,1-2,7-10H2,(H,18,19). The van der Waals surface area contributed by atoms with E-state index < -0.39 is 5.97 Å². The third-order valence-electron chi connectivity index (χ3n) is 3.24. The number of ether oxygens (including phenoxy) is 1. The van der Waals surface area contributed by atoms with E-state index in [1.165, 1.54) is 18.9 Å². The number of carboxylic acids is 1. The molecule has 0 unspecified atom stereocenters. The predicted octanol–water partition coefficient (Wildman–Crippen LogP) is 2.91. The normalized spacial score (nSPS) is 15.8. The van der Waals surface area contributed by atoms with E-state index in [0.717, 1.165) is 25.7 Å². The number of halogens is 1. The molecule has 1 saturated heterocycles. The number of carboxylic acid groups (broad SMARTS) is 1. The first-order valence-electron chi connectivity index (χ1n) is 6.71. The van der Waals surface area contributed by atoms with Crippen LogP contribution in [0.2, 0.25) is 5.02 Å². The van der Waals surface area contributed by atoms with Crippen LogP contribution in [0.4, 0.5) is 0 Å². The maximum atomic E-state index is 10.6. The molecule has 0 saturated carbocycles. The van der Waals surface area contributed by atoms with Crippen LogP contribution in [0.15, 0.2) is 24.3 Å². The molecule has 0 spiro atoms. The van der Waals surface area contributed by atoms with Crippen LogP contribution in [0, 0.1) is 0 Å². The van der Waals surface area contributed by atoms with Crippen LogP contribution < -0.4 is 4.74 Å². The lowest BCUT2D eigenvalue weighted by Crippen LogP contribution is -2.25. The van der Waals surface area contributed by atoms with Crippen molar-refractivity contribution in [3.63, 3.8) is 0 Å². The summed E-state index contributed by atoms with van der Waals surface area (Å²) < 4.78 is 5.74. The van der Waals surface area contributed by atoms with E-state index in [1.807, 2.05) is 0 Å². The van der Waals surface area contributed by atoms with Crippen molar-refractivity contribution in [2.75, 3.05) is 26.2 Å². The van der Waals surface area contributed by atoms with Crippen LogP contribution in [0.5, 0.6) is 5.75 Å². The summed E-state index contributed by atoms with van der Waals surface area (Å²) in [6.45, 7) is 3.76. The van der Waals surface area contributed by atoms with Gasteiger partial charge in [-0.1, -0.05) is 11.6 Å². The fourth-order valence-electron chi connectivity index (χ4n) is 2.23. The van der Waals surface area contributed by atoms with Crippen LogP contribution in [-0.2, 0) is 4.79 Å². The van der Waals surface area contributed by atoms with Crippen molar-refractivity contribution in [1.29, 1.82) is 0 Å². The van der Waals surface area contributed by atoms with E-state index in [-0.39, 0.29) is 0 Å². The van der Waals surface area contributed by atoms with Gasteiger partial charge in [-0.3, -0.25) is 4.90 Å². The van der Waals surface area contributed by atoms with Gasteiger partial charge in [-0.25, -0.2) is 4.79 Å². The van der Waals surface area contributed by atoms with E-state index in [2.05, 4.69) is 4.90 Å². The summed E-state index contributed by atoms with van der Waals surface area (Å²) in [6, 6.07) is 5.21. The van der Waals surface area contributed by atoms with Gasteiger partial charge in [0.05, 0.1) is 0 Å². The summed E-state index contributed by atoms with van der Waals surface area (Å²) in [7, 11) is 0. The number of likely N-dealkylation sites (tertiary alicyclic amines) is 1. The molecule has 1 heterocycles. The molecule has 108 valence electrons. The highest BCUT2D eigenvalue weighted by molar-refractivity contribution is 6.30. The molecule has 1 aromatic rings. The molecule has 0 aliphatic carbocycles. The average molecular weight is 296 g/mol. The third kappa shape index (κ3) is 4.54. The summed E-state index contributed by atoms with van der Waals surface area (Å²) >= 11 is 5.92. The second kappa shape index (κ2) is 7.31. The lowest BCUT2D eigenvalue weighted by atomic mass is 10.2. The molecule has 1 aromatic carbocycles. The van der Waals surface area contributed by atoms with E-state index in [1.54, 1.807) is 18.2 Å². The number of hydrogen-bond donors (Lipinski definition) is 1. The van der Waals surface area contributed by atoms with Crippen molar-refractivity contribution < 1.29 is 14.6 Å². The first-order chi connectivity index (χ1) is 9.65. The Hall–Kier alpha value is -1.52. The molecule has 2 rings (SSSR count). The number of nitrogens with zero attached hydrogens (tertiary/aromatic N) is 1. The van der Waals surface area contributed by atoms with Crippen molar-refractivity contribution in [3.8, 4) is 5.75 Å². The predicted molar refractivity (Wildman–Crippen MR) is 79.3 cm³/mol. The number of hydrogen-bond acceptors (Lipinski definition) is 3. The largest absolute Gasteiger partial charge is 0.492 e. The molecule has 1 aliphatic rings. The highest BCUT2D eigenvalue weighted by Gasteiger charge is 2.11. The Morgan fingerprint density at radius 2 is 2.15 bits per heavy atom. The molecular weight excluding hydrogens is 278 g/mol. The molecule has 0 atom stereocenters. The monoisotopic (exact) mass is 295 g/mol. The van der Waals surface area contributed by atoms with Crippen LogP contribution in [0.3, 0.4) is 0 Å². The summed E-state index contributed by atoms with van der Waals surface area (Å²) in [6.07, 6.45) is 5.10. The topological polar surface area (TPSA) is 49.8 Å². The van der Waals surface area contributed by atoms with Gasteiger partial charge in [-0.2, -0.15) is 0 Å². The molecule has 1 fully saturated rings. The van der Waals surface area contributed by atoms with Gasteiger partial charge in [0, 0.05) is 23.2 Å². The smallest absolute Gasteiger partial charge is 0.328 e. The zero-order chi connectivity index (χ0) is 14.4. The van der Waals surface area contributed by atoms with Gasteiger partial charge in [-0.05, 0) is 50.2 Å². The van der Waals surface area contributed by atoms with E-state index >= 15 is 0 Å². The summed E-state index contributed by atoms with van der Waals surface area (Å²) in [5.41, 5.74) is 0.682. The maximum Gasteiger partial charge on any atom is 0.328 e. The minimum absolute atomic E-state index is 0.557. The van der Waals surface area contributed by atoms with Crippen LogP contribution >= 0.6 is 11.6 Å². The molecule has 5 heteroatoms. The lowest BCUT2D eigenvalue weighted by molar-refractivity contribution is -0.131. The van der Waals surface area contributed by atoms with Gasteiger partial charge < -0.3 is 9.84 Å². The molecule has 1 N–H and O–H groups in total. The van der Waals surface area contributed by atoms with Crippen molar-refractivity contribution in [3.05, 3.63) is 34.9 Å². The highest BCUT2D eigenvalue weighted by atomic mass is 35.5. The third-order valence-corrected chi connectivity index (χ3v) is 3.48. The molecule has 0 amide bonds. The first kappa shape index (κ1) is 14.9. The van der Waals surface area contributed by atoms with Crippen molar-refractivity contribution in [2.45, 2.75) is 12.8 Å². The molecule has 1 aliphatic heterocycles. The molecule has 20 heavy (non-hydrogen) atoms. The second-order valence-electron chi connectivity index (χ2n) is 4.75. The molecular formula is C15H18ClNO3. The van der Waals surface area contributed by atoms with Crippen molar-refractivity contribution >= 4 is 23.6 Å². The minimum Gasteiger partial charge on any atom is -0.492 e. The summed E-state index contributed by atoms with van der Waals surface area (Å²) in [4.78, 5) is 13.0. The SMILES string of the molecule is O=C(O)C=Cc1cc(Cl)ccc1OCCN1CCCC1. The Labute approximate surface area is 123 Å². The number of aliphatic carboxylic acids is 1. The van der Waals surface area contributed by atoms with Gasteiger partial charge in [0.25, 0.3) is 0 Å². The molecule has 4 nitrogen and oxygen atoms in total. The van der Waals surface area contributed by atoms with Gasteiger partial charge in [0.2, 0.25) is 0 Å².